The molecule has 0 fully saturated rings. The van der Waals surface area contributed by atoms with Crippen LogP contribution < -0.4 is 10.5 Å². The highest BCUT2D eigenvalue weighted by atomic mass is 16.2. The summed E-state index contributed by atoms with van der Waals surface area (Å²) in [6.45, 7) is 1.81. The number of H-pyrrole nitrogens is 1. The predicted octanol–water partition coefficient (Wildman–Crippen LogP) is 1.72. The number of benzene rings is 1. The molecular formula is C17H17N5O2. The van der Waals surface area contributed by atoms with E-state index in [1.807, 2.05) is 37.3 Å². The van der Waals surface area contributed by atoms with Crippen LogP contribution in [0.1, 0.15) is 18.4 Å². The maximum absolute atomic E-state index is 12.6. The van der Waals surface area contributed by atoms with Gasteiger partial charge in [0.25, 0.3) is 5.56 Å². The maximum atomic E-state index is 12.6. The lowest BCUT2D eigenvalue weighted by molar-refractivity contribution is -0.119. The predicted molar refractivity (Wildman–Crippen MR) is 90.2 cm³/mol. The Labute approximate surface area is 138 Å². The van der Waals surface area contributed by atoms with Crippen molar-refractivity contribution in [2.75, 3.05) is 11.9 Å². The lowest BCUT2D eigenvalue weighted by Crippen LogP contribution is -2.35. The van der Waals surface area contributed by atoms with Crippen LogP contribution in [0.3, 0.4) is 0 Å². The molecule has 1 amide bonds. The molecule has 7 heteroatoms. The van der Waals surface area contributed by atoms with Crippen LogP contribution in [0, 0.1) is 0 Å². The molecule has 0 saturated carbocycles. The Balaban J connectivity index is 1.86. The van der Waals surface area contributed by atoms with E-state index >= 15 is 0 Å². The summed E-state index contributed by atoms with van der Waals surface area (Å²) in [6.07, 6.45) is 4.64. The molecule has 1 unspecified atom stereocenters. The minimum absolute atomic E-state index is 0.180. The first kappa shape index (κ1) is 15.7. The topological polar surface area (TPSA) is 83.9 Å². The number of nitrogens with zero attached hydrogens (tertiary/aromatic N) is 4. The van der Waals surface area contributed by atoms with Gasteiger partial charge in [-0.2, -0.15) is 5.10 Å². The molecule has 0 radical (unpaired) electrons. The van der Waals surface area contributed by atoms with E-state index in [1.165, 1.54) is 15.8 Å². The molecule has 24 heavy (non-hydrogen) atoms. The SMILES string of the molecule is CC(C(=O)N(C)c1cnc(-n2cccn2)[nH]c1=O)c1ccccc1. The van der Waals surface area contributed by atoms with Crippen LogP contribution in [0.25, 0.3) is 5.95 Å². The normalized spacial score (nSPS) is 11.9. The second-order valence-electron chi connectivity index (χ2n) is 5.40. The molecule has 3 rings (SSSR count). The Morgan fingerprint density at radius 1 is 1.25 bits per heavy atom. The largest absolute Gasteiger partial charge is 0.309 e. The van der Waals surface area contributed by atoms with Crippen molar-refractivity contribution in [3.8, 4) is 5.95 Å². The molecular weight excluding hydrogens is 306 g/mol. The number of amides is 1. The summed E-state index contributed by atoms with van der Waals surface area (Å²) in [5, 5.41) is 4.01. The van der Waals surface area contributed by atoms with Crippen LogP contribution in [0.2, 0.25) is 0 Å². The second-order valence-corrected chi connectivity index (χ2v) is 5.40. The average Bonchev–Trinajstić information content (AvgIpc) is 3.15. The van der Waals surface area contributed by atoms with Gasteiger partial charge in [-0.25, -0.2) is 9.67 Å². The van der Waals surface area contributed by atoms with E-state index in [0.717, 1.165) is 5.56 Å². The van der Waals surface area contributed by atoms with E-state index in [4.69, 9.17) is 0 Å². The molecule has 122 valence electrons. The zero-order chi connectivity index (χ0) is 17.1. The highest BCUT2D eigenvalue weighted by molar-refractivity contribution is 5.97. The molecule has 3 aromatic rings. The third kappa shape index (κ3) is 2.96. The molecule has 1 atom stereocenters. The number of nitrogens with one attached hydrogen (secondary N) is 1. The fraction of sp³-hybridized carbons (Fsp3) is 0.176. The molecule has 0 bridgehead atoms. The van der Waals surface area contributed by atoms with Gasteiger partial charge in [0.05, 0.1) is 12.1 Å². The lowest BCUT2D eigenvalue weighted by Gasteiger charge is -2.20. The maximum Gasteiger partial charge on any atom is 0.276 e. The molecule has 0 aliphatic rings. The van der Waals surface area contributed by atoms with Crippen LogP contribution >= 0.6 is 0 Å². The highest BCUT2D eigenvalue weighted by Gasteiger charge is 2.22. The van der Waals surface area contributed by atoms with Gasteiger partial charge in [-0.05, 0) is 18.6 Å². The van der Waals surface area contributed by atoms with Gasteiger partial charge in [-0.1, -0.05) is 30.3 Å². The molecule has 2 aromatic heterocycles. The molecule has 7 nitrogen and oxygen atoms in total. The van der Waals surface area contributed by atoms with Gasteiger partial charge in [0, 0.05) is 19.4 Å². The number of carbonyl (C=O) groups excluding carboxylic acids is 1. The summed E-state index contributed by atoms with van der Waals surface area (Å²) in [7, 11) is 1.57. The van der Waals surface area contributed by atoms with Gasteiger partial charge in [-0.3, -0.25) is 14.6 Å². The van der Waals surface area contributed by atoms with Gasteiger partial charge in [0.2, 0.25) is 11.9 Å². The first-order chi connectivity index (χ1) is 11.6. The Morgan fingerprint density at radius 2 is 2.00 bits per heavy atom. The second kappa shape index (κ2) is 6.49. The zero-order valence-corrected chi connectivity index (χ0v) is 13.4. The van der Waals surface area contributed by atoms with Gasteiger partial charge in [0.15, 0.2) is 0 Å². The number of rotatable bonds is 4. The smallest absolute Gasteiger partial charge is 0.276 e. The van der Waals surface area contributed by atoms with Crippen molar-refractivity contribution in [3.63, 3.8) is 0 Å². The number of aromatic amines is 1. The number of carbonyl (C=O) groups is 1. The minimum Gasteiger partial charge on any atom is -0.309 e. The number of hydrogen-bond donors (Lipinski definition) is 1. The first-order valence-corrected chi connectivity index (χ1v) is 7.50. The van der Waals surface area contributed by atoms with Crippen LogP contribution in [0.4, 0.5) is 5.69 Å². The van der Waals surface area contributed by atoms with Gasteiger partial charge in [-0.15, -0.1) is 0 Å². The van der Waals surface area contributed by atoms with E-state index in [9.17, 15) is 9.59 Å². The zero-order valence-electron chi connectivity index (χ0n) is 13.4. The Bertz CT molecular complexity index is 887. The Morgan fingerprint density at radius 3 is 2.62 bits per heavy atom. The number of hydrogen-bond acceptors (Lipinski definition) is 4. The molecule has 2 heterocycles. The fourth-order valence-corrected chi connectivity index (χ4v) is 2.42. The fourth-order valence-electron chi connectivity index (χ4n) is 2.42. The minimum atomic E-state index is -0.397. The third-order valence-electron chi connectivity index (χ3n) is 3.85. The third-order valence-corrected chi connectivity index (χ3v) is 3.85. The van der Waals surface area contributed by atoms with E-state index < -0.39 is 5.56 Å². The van der Waals surface area contributed by atoms with Crippen molar-refractivity contribution in [2.45, 2.75) is 12.8 Å². The molecule has 0 aliphatic heterocycles. The summed E-state index contributed by atoms with van der Waals surface area (Å²) in [5.74, 6) is -0.243. The quantitative estimate of drug-likeness (QED) is 0.792. The average molecular weight is 323 g/mol. The lowest BCUT2D eigenvalue weighted by atomic mass is 10.00. The van der Waals surface area contributed by atoms with E-state index in [-0.39, 0.29) is 17.5 Å². The van der Waals surface area contributed by atoms with E-state index in [2.05, 4.69) is 15.1 Å². The summed E-state index contributed by atoms with van der Waals surface area (Å²) in [5.41, 5.74) is 0.692. The van der Waals surface area contributed by atoms with Crippen LogP contribution in [0.5, 0.6) is 0 Å². The molecule has 1 aromatic carbocycles. The van der Waals surface area contributed by atoms with Gasteiger partial charge in [0.1, 0.15) is 5.69 Å². The summed E-state index contributed by atoms with van der Waals surface area (Å²) < 4.78 is 1.44. The van der Waals surface area contributed by atoms with Crippen molar-refractivity contribution >= 4 is 11.6 Å². The number of aromatic nitrogens is 4. The summed E-state index contributed by atoms with van der Waals surface area (Å²) >= 11 is 0. The molecule has 1 N–H and O–H groups in total. The Hall–Kier alpha value is -3.22. The van der Waals surface area contributed by atoms with Crippen LogP contribution in [-0.4, -0.2) is 32.7 Å². The number of anilines is 1. The number of likely N-dealkylation sites (N-methyl/N-ethyl adjacent to an activating group) is 1. The molecule has 0 saturated heterocycles. The van der Waals surface area contributed by atoms with Gasteiger partial charge < -0.3 is 4.90 Å². The monoisotopic (exact) mass is 323 g/mol. The first-order valence-electron chi connectivity index (χ1n) is 7.50. The van der Waals surface area contributed by atoms with Crippen LogP contribution in [0.15, 0.2) is 59.8 Å². The Kier molecular flexibility index (Phi) is 4.24. The van der Waals surface area contributed by atoms with Crippen molar-refractivity contribution in [2.24, 2.45) is 0 Å². The standard InChI is InChI=1S/C17H17N5O2/c1-12(13-7-4-3-5-8-13)16(24)21(2)14-11-18-17(20-15(14)23)22-10-6-9-19-22/h3-12H,1-2H3,(H,18,20,23). The molecule has 0 spiro atoms. The molecule has 0 aliphatic carbocycles. The van der Waals surface area contributed by atoms with Crippen molar-refractivity contribution in [3.05, 3.63) is 70.9 Å². The summed E-state index contributed by atoms with van der Waals surface area (Å²) in [4.78, 5) is 33.1. The van der Waals surface area contributed by atoms with Crippen LogP contribution in [-0.2, 0) is 4.79 Å². The highest BCUT2D eigenvalue weighted by Crippen LogP contribution is 2.19. The van der Waals surface area contributed by atoms with Crippen molar-refractivity contribution < 1.29 is 4.79 Å². The summed E-state index contributed by atoms with van der Waals surface area (Å²) in [6, 6.07) is 11.2. The van der Waals surface area contributed by atoms with Gasteiger partial charge >= 0.3 is 0 Å². The van der Waals surface area contributed by atoms with Crippen molar-refractivity contribution in [1.82, 2.24) is 19.7 Å². The van der Waals surface area contributed by atoms with E-state index in [0.29, 0.717) is 5.95 Å². The van der Waals surface area contributed by atoms with Crippen molar-refractivity contribution in [1.29, 1.82) is 0 Å². The van der Waals surface area contributed by atoms with E-state index in [1.54, 1.807) is 25.5 Å².